The third-order valence-electron chi connectivity index (χ3n) is 5.06. The molecular formula is C22H17N3O4S. The van der Waals surface area contributed by atoms with Crippen LogP contribution in [0.3, 0.4) is 0 Å². The number of allylic oxidation sites excluding steroid dienone is 1. The van der Waals surface area contributed by atoms with E-state index in [-0.39, 0.29) is 5.69 Å². The number of carbonyl (C=O) groups excluding carboxylic acids is 1. The van der Waals surface area contributed by atoms with Crippen LogP contribution in [-0.4, -0.2) is 10.8 Å². The van der Waals surface area contributed by atoms with E-state index in [2.05, 4.69) is 6.07 Å². The predicted molar refractivity (Wildman–Crippen MR) is 114 cm³/mol. The van der Waals surface area contributed by atoms with Crippen LogP contribution >= 0.6 is 11.3 Å². The zero-order valence-electron chi connectivity index (χ0n) is 15.9. The first-order valence-corrected chi connectivity index (χ1v) is 10.2. The van der Waals surface area contributed by atoms with Crippen LogP contribution in [0.1, 0.15) is 44.3 Å². The van der Waals surface area contributed by atoms with Crippen molar-refractivity contribution in [3.63, 3.8) is 0 Å². The van der Waals surface area contributed by atoms with Gasteiger partial charge in [0.2, 0.25) is 0 Å². The summed E-state index contributed by atoms with van der Waals surface area (Å²) in [5.41, 5.74) is 8.07. The Labute approximate surface area is 176 Å². The van der Waals surface area contributed by atoms with E-state index in [0.717, 1.165) is 36.1 Å². The molecule has 0 aliphatic heterocycles. The lowest BCUT2D eigenvalue weighted by atomic mass is 9.93. The molecule has 1 aromatic carbocycles. The number of rotatable bonds is 5. The van der Waals surface area contributed by atoms with Crippen LogP contribution in [0.5, 0.6) is 0 Å². The fourth-order valence-electron chi connectivity index (χ4n) is 3.64. The Kier molecular flexibility index (Phi) is 5.21. The largest absolute Gasteiger partial charge is 0.457 e. The topological polar surface area (TPSA) is 123 Å². The molecule has 3 aromatic rings. The summed E-state index contributed by atoms with van der Waals surface area (Å²) >= 11 is 1.45. The van der Waals surface area contributed by atoms with Crippen molar-refractivity contribution in [1.29, 1.82) is 5.26 Å². The number of hydrogen-bond donors (Lipinski definition) is 1. The van der Waals surface area contributed by atoms with Gasteiger partial charge in [0.15, 0.2) is 0 Å². The van der Waals surface area contributed by atoms with E-state index < -0.39 is 10.8 Å². The van der Waals surface area contributed by atoms with Crippen LogP contribution in [0.25, 0.3) is 23.0 Å². The second-order valence-corrected chi connectivity index (χ2v) is 8.06. The van der Waals surface area contributed by atoms with Gasteiger partial charge in [0.05, 0.1) is 20.9 Å². The summed E-state index contributed by atoms with van der Waals surface area (Å²) in [5.74, 6) is 0.451. The minimum Gasteiger partial charge on any atom is -0.457 e. The van der Waals surface area contributed by atoms with Gasteiger partial charge in [-0.1, -0.05) is 0 Å². The number of benzene rings is 1. The highest BCUT2D eigenvalue weighted by atomic mass is 32.1. The smallest absolute Gasteiger partial charge is 0.269 e. The number of carbonyl (C=O) groups is 1. The monoisotopic (exact) mass is 419 g/mol. The van der Waals surface area contributed by atoms with Gasteiger partial charge in [0.25, 0.3) is 11.6 Å². The van der Waals surface area contributed by atoms with Gasteiger partial charge in [-0.05, 0) is 55.5 Å². The minimum atomic E-state index is -0.517. The number of furan rings is 1. The van der Waals surface area contributed by atoms with Gasteiger partial charge in [0.1, 0.15) is 17.6 Å². The molecule has 0 radical (unpaired) electrons. The number of aryl methyl sites for hydroxylation is 1. The van der Waals surface area contributed by atoms with E-state index >= 15 is 0 Å². The number of non-ortho nitro benzene ring substituents is 1. The van der Waals surface area contributed by atoms with Gasteiger partial charge in [-0.15, -0.1) is 11.3 Å². The van der Waals surface area contributed by atoms with Crippen molar-refractivity contribution < 1.29 is 14.1 Å². The Hall–Kier alpha value is -3.70. The molecule has 1 aliphatic rings. The van der Waals surface area contributed by atoms with Crippen LogP contribution in [0, 0.1) is 21.4 Å². The van der Waals surface area contributed by atoms with Crippen LogP contribution < -0.4 is 5.73 Å². The van der Waals surface area contributed by atoms with E-state index in [1.54, 1.807) is 30.3 Å². The van der Waals surface area contributed by atoms with Crippen molar-refractivity contribution >= 4 is 34.6 Å². The molecular weight excluding hydrogens is 402 g/mol. The lowest BCUT2D eigenvalue weighted by molar-refractivity contribution is -0.384. The highest BCUT2D eigenvalue weighted by molar-refractivity contribution is 7.13. The molecule has 0 fully saturated rings. The molecule has 7 nitrogen and oxygen atoms in total. The highest BCUT2D eigenvalue weighted by Crippen LogP contribution is 2.38. The molecule has 0 bridgehead atoms. The Morgan fingerprint density at radius 1 is 1.20 bits per heavy atom. The molecule has 8 heteroatoms. The SMILES string of the molecule is N#CC(=Cc1ccc(-c2ccc([N+](=O)[O-])cc2)o1)c1sc2c(c1C(N)=O)CCCC2. The molecule has 2 aromatic heterocycles. The van der Waals surface area contributed by atoms with Crippen molar-refractivity contribution in [2.24, 2.45) is 5.73 Å². The van der Waals surface area contributed by atoms with Gasteiger partial charge in [0, 0.05) is 28.6 Å². The Balaban J connectivity index is 1.70. The fraction of sp³-hybridized carbons (Fsp3) is 0.182. The maximum atomic E-state index is 12.1. The Morgan fingerprint density at radius 3 is 2.60 bits per heavy atom. The quantitative estimate of drug-likeness (QED) is 0.356. The summed E-state index contributed by atoms with van der Waals surface area (Å²) in [5, 5.41) is 20.5. The van der Waals surface area contributed by atoms with Crippen LogP contribution in [0.2, 0.25) is 0 Å². The van der Waals surface area contributed by atoms with Gasteiger partial charge >= 0.3 is 0 Å². The van der Waals surface area contributed by atoms with Crippen molar-refractivity contribution in [3.8, 4) is 17.4 Å². The number of nitrogens with zero attached hydrogens (tertiary/aromatic N) is 2. The summed E-state index contributed by atoms with van der Waals surface area (Å²) in [6.07, 6.45) is 5.36. The number of nitriles is 1. The molecule has 0 unspecified atom stereocenters. The number of nitrogens with two attached hydrogens (primary N) is 1. The molecule has 0 saturated carbocycles. The third-order valence-corrected chi connectivity index (χ3v) is 6.38. The van der Waals surface area contributed by atoms with E-state index in [1.165, 1.54) is 23.5 Å². The van der Waals surface area contributed by atoms with Crippen molar-refractivity contribution in [1.82, 2.24) is 0 Å². The van der Waals surface area contributed by atoms with Crippen LogP contribution in [-0.2, 0) is 12.8 Å². The molecule has 2 heterocycles. The van der Waals surface area contributed by atoms with Crippen LogP contribution in [0.4, 0.5) is 5.69 Å². The number of primary amides is 1. The molecule has 4 rings (SSSR count). The van der Waals surface area contributed by atoms with Crippen molar-refractivity contribution in [2.75, 3.05) is 0 Å². The Bertz CT molecular complexity index is 1210. The van der Waals surface area contributed by atoms with E-state index in [0.29, 0.717) is 33.1 Å². The number of amides is 1. The second-order valence-electron chi connectivity index (χ2n) is 6.96. The average Bonchev–Trinajstić information content (AvgIpc) is 3.36. The minimum absolute atomic E-state index is 0.00200. The number of nitro benzene ring substituents is 1. The summed E-state index contributed by atoms with van der Waals surface area (Å²) in [6.45, 7) is 0. The van der Waals surface area contributed by atoms with Gasteiger partial charge in [-0.3, -0.25) is 14.9 Å². The van der Waals surface area contributed by atoms with Gasteiger partial charge in [-0.25, -0.2) is 0 Å². The van der Waals surface area contributed by atoms with E-state index in [4.69, 9.17) is 10.2 Å². The predicted octanol–water partition coefficient (Wildman–Crippen LogP) is 4.96. The molecule has 1 amide bonds. The normalized spacial score (nSPS) is 13.5. The second kappa shape index (κ2) is 7.97. The number of fused-ring (bicyclic) bond motifs is 1. The first-order chi connectivity index (χ1) is 14.5. The summed E-state index contributed by atoms with van der Waals surface area (Å²) in [7, 11) is 0. The lowest BCUT2D eigenvalue weighted by Gasteiger charge is -2.11. The average molecular weight is 419 g/mol. The number of hydrogen-bond acceptors (Lipinski definition) is 6. The standard InChI is InChI=1S/C22H17N3O4S/c23-12-14(21-20(22(24)26)17-3-1-2-4-19(17)30-21)11-16-9-10-18(29-16)13-5-7-15(8-6-13)25(27)28/h5-11H,1-4H2,(H2,24,26). The lowest BCUT2D eigenvalue weighted by Crippen LogP contribution is -2.15. The maximum absolute atomic E-state index is 12.1. The maximum Gasteiger partial charge on any atom is 0.269 e. The van der Waals surface area contributed by atoms with Crippen LogP contribution in [0.15, 0.2) is 40.8 Å². The summed E-state index contributed by atoms with van der Waals surface area (Å²) in [6, 6.07) is 11.6. The molecule has 0 spiro atoms. The van der Waals surface area contributed by atoms with E-state index in [1.807, 2.05) is 0 Å². The molecule has 2 N–H and O–H groups in total. The van der Waals surface area contributed by atoms with Gasteiger partial charge < -0.3 is 10.2 Å². The van der Waals surface area contributed by atoms with Crippen molar-refractivity contribution in [3.05, 3.63) is 73.2 Å². The highest BCUT2D eigenvalue weighted by Gasteiger charge is 2.26. The zero-order valence-corrected chi connectivity index (χ0v) is 16.7. The molecule has 1 aliphatic carbocycles. The first kappa shape index (κ1) is 19.6. The molecule has 150 valence electrons. The Morgan fingerprint density at radius 2 is 1.93 bits per heavy atom. The molecule has 0 saturated heterocycles. The first-order valence-electron chi connectivity index (χ1n) is 9.39. The number of thiophene rings is 1. The van der Waals surface area contributed by atoms with E-state index in [9.17, 15) is 20.2 Å². The number of nitro groups is 1. The van der Waals surface area contributed by atoms with Gasteiger partial charge in [-0.2, -0.15) is 5.26 Å². The molecule has 30 heavy (non-hydrogen) atoms. The molecule has 0 atom stereocenters. The summed E-state index contributed by atoms with van der Waals surface area (Å²) in [4.78, 5) is 24.2. The van der Waals surface area contributed by atoms with Crippen molar-refractivity contribution in [2.45, 2.75) is 25.7 Å². The zero-order chi connectivity index (χ0) is 21.3. The fourth-order valence-corrected chi connectivity index (χ4v) is 5.00. The third kappa shape index (κ3) is 3.63. The summed E-state index contributed by atoms with van der Waals surface area (Å²) < 4.78 is 5.82.